The molecule has 0 saturated carbocycles. The van der Waals surface area contributed by atoms with Crippen LogP contribution in [0.5, 0.6) is 0 Å². The van der Waals surface area contributed by atoms with Gasteiger partial charge in [0.15, 0.2) is 0 Å². The highest BCUT2D eigenvalue weighted by Crippen LogP contribution is 2.20. The predicted octanol–water partition coefficient (Wildman–Crippen LogP) is 2.59. The molecule has 1 N–H and O–H groups in total. The second kappa shape index (κ2) is 3.69. The van der Waals surface area contributed by atoms with Crippen LogP contribution in [-0.2, 0) is 0 Å². The van der Waals surface area contributed by atoms with Gasteiger partial charge in [-0.3, -0.25) is 4.99 Å². The van der Waals surface area contributed by atoms with Crippen molar-refractivity contribution in [2.75, 3.05) is 0 Å². The number of nitrogens with zero attached hydrogens (tertiary/aromatic N) is 1. The van der Waals surface area contributed by atoms with Crippen molar-refractivity contribution in [3.63, 3.8) is 0 Å². The molecule has 80 valence electrons. The third kappa shape index (κ3) is 2.38. The molecule has 2 rings (SSSR count). The van der Waals surface area contributed by atoms with Gasteiger partial charge in [0.05, 0.1) is 6.04 Å². The van der Waals surface area contributed by atoms with Gasteiger partial charge in [-0.15, -0.1) is 0 Å². The Balaban J connectivity index is 2.30. The van der Waals surface area contributed by atoms with E-state index in [0.717, 1.165) is 12.3 Å². The molecule has 1 aliphatic heterocycles. The Morgan fingerprint density at radius 1 is 1.27 bits per heavy atom. The minimum atomic E-state index is 0.145. The van der Waals surface area contributed by atoms with E-state index in [9.17, 15) is 0 Å². The summed E-state index contributed by atoms with van der Waals surface area (Å²) in [6.45, 7) is 6.62. The van der Waals surface area contributed by atoms with E-state index in [4.69, 9.17) is 0 Å². The Morgan fingerprint density at radius 3 is 2.53 bits per heavy atom. The minimum Gasteiger partial charge on any atom is -0.365 e. The van der Waals surface area contributed by atoms with Crippen molar-refractivity contribution in [3.05, 3.63) is 35.9 Å². The second-order valence-corrected chi connectivity index (χ2v) is 4.91. The predicted molar refractivity (Wildman–Crippen MR) is 64.3 cm³/mol. The minimum absolute atomic E-state index is 0.145. The molecular formula is C13H18N2. The van der Waals surface area contributed by atoms with Gasteiger partial charge in [0.2, 0.25) is 0 Å². The van der Waals surface area contributed by atoms with Crippen LogP contribution in [0.2, 0.25) is 0 Å². The van der Waals surface area contributed by atoms with Crippen molar-refractivity contribution in [2.45, 2.75) is 38.8 Å². The molecule has 0 aromatic heterocycles. The maximum Gasteiger partial charge on any atom is 0.128 e. The lowest BCUT2D eigenvalue weighted by molar-refractivity contribution is 0.374. The molecule has 1 aromatic rings. The van der Waals surface area contributed by atoms with Gasteiger partial charge in [-0.25, -0.2) is 0 Å². The van der Waals surface area contributed by atoms with E-state index >= 15 is 0 Å². The Morgan fingerprint density at radius 2 is 1.93 bits per heavy atom. The van der Waals surface area contributed by atoms with Crippen LogP contribution < -0.4 is 5.32 Å². The zero-order chi connectivity index (χ0) is 10.9. The van der Waals surface area contributed by atoms with Crippen LogP contribution >= 0.6 is 0 Å². The number of hydrogen-bond acceptors (Lipinski definition) is 2. The normalized spacial score (nSPS) is 24.2. The summed E-state index contributed by atoms with van der Waals surface area (Å²) < 4.78 is 0. The quantitative estimate of drug-likeness (QED) is 0.743. The number of benzene rings is 1. The first-order valence-electron chi connectivity index (χ1n) is 5.48. The van der Waals surface area contributed by atoms with Gasteiger partial charge in [-0.05, 0) is 27.2 Å². The van der Waals surface area contributed by atoms with Gasteiger partial charge in [0, 0.05) is 11.1 Å². The van der Waals surface area contributed by atoms with Gasteiger partial charge in [0.25, 0.3) is 0 Å². The first-order valence-corrected chi connectivity index (χ1v) is 5.48. The molecule has 1 aliphatic rings. The van der Waals surface area contributed by atoms with E-state index in [1.165, 1.54) is 5.56 Å². The Kier molecular flexibility index (Phi) is 2.51. The van der Waals surface area contributed by atoms with Crippen LogP contribution in [0.3, 0.4) is 0 Å². The van der Waals surface area contributed by atoms with Crippen molar-refractivity contribution in [3.8, 4) is 0 Å². The zero-order valence-corrected chi connectivity index (χ0v) is 9.62. The van der Waals surface area contributed by atoms with Crippen molar-refractivity contribution >= 4 is 5.84 Å². The molecule has 2 nitrogen and oxygen atoms in total. The number of aliphatic imine (C=N–C) groups is 1. The summed E-state index contributed by atoms with van der Waals surface area (Å²) in [7, 11) is 0. The molecule has 1 atom stereocenters. The van der Waals surface area contributed by atoms with Crippen molar-refractivity contribution in [2.24, 2.45) is 4.99 Å². The smallest absolute Gasteiger partial charge is 0.128 e. The molecule has 0 saturated heterocycles. The first kappa shape index (κ1) is 10.2. The fourth-order valence-corrected chi connectivity index (χ4v) is 2.15. The van der Waals surface area contributed by atoms with Crippen LogP contribution in [0.15, 0.2) is 35.3 Å². The maximum absolute atomic E-state index is 4.65. The topological polar surface area (TPSA) is 24.4 Å². The molecule has 0 amide bonds. The van der Waals surface area contributed by atoms with Gasteiger partial charge >= 0.3 is 0 Å². The largest absolute Gasteiger partial charge is 0.365 e. The molecule has 1 aromatic carbocycles. The average molecular weight is 202 g/mol. The second-order valence-electron chi connectivity index (χ2n) is 4.91. The van der Waals surface area contributed by atoms with Gasteiger partial charge in [-0.1, -0.05) is 30.3 Å². The fourth-order valence-electron chi connectivity index (χ4n) is 2.15. The number of hydrogen-bond donors (Lipinski definition) is 1. The molecule has 1 unspecified atom stereocenters. The Hall–Kier alpha value is -1.31. The molecule has 0 spiro atoms. The van der Waals surface area contributed by atoms with E-state index in [-0.39, 0.29) is 5.54 Å². The lowest BCUT2D eigenvalue weighted by atomic mass is 9.93. The maximum atomic E-state index is 4.65. The zero-order valence-electron chi connectivity index (χ0n) is 9.62. The summed E-state index contributed by atoms with van der Waals surface area (Å²) in [5.41, 5.74) is 1.32. The Labute approximate surface area is 91.4 Å². The summed E-state index contributed by atoms with van der Waals surface area (Å²) in [4.78, 5) is 4.65. The Bertz CT molecular complexity index is 365. The van der Waals surface area contributed by atoms with E-state index < -0.39 is 0 Å². The van der Waals surface area contributed by atoms with Crippen LogP contribution in [0.4, 0.5) is 0 Å². The molecule has 0 bridgehead atoms. The summed E-state index contributed by atoms with van der Waals surface area (Å²) >= 11 is 0. The molecule has 0 radical (unpaired) electrons. The third-order valence-corrected chi connectivity index (χ3v) is 2.66. The number of rotatable bonds is 1. The van der Waals surface area contributed by atoms with Crippen molar-refractivity contribution < 1.29 is 0 Å². The van der Waals surface area contributed by atoms with E-state index in [1.807, 2.05) is 18.2 Å². The molecule has 0 fully saturated rings. The summed E-state index contributed by atoms with van der Waals surface area (Å²) in [6.07, 6.45) is 1.09. The highest BCUT2D eigenvalue weighted by atomic mass is 15.1. The highest BCUT2D eigenvalue weighted by molar-refractivity contribution is 5.99. The lowest BCUT2D eigenvalue weighted by Gasteiger charge is -2.34. The SMILES string of the molecule is CC1CC(C)(C)NC(c2ccccc2)=N1. The fraction of sp³-hybridized carbons (Fsp3) is 0.462. The summed E-state index contributed by atoms with van der Waals surface area (Å²) in [5, 5.41) is 3.49. The summed E-state index contributed by atoms with van der Waals surface area (Å²) in [5.74, 6) is 1.03. The van der Waals surface area contributed by atoms with Crippen LogP contribution in [0.25, 0.3) is 0 Å². The third-order valence-electron chi connectivity index (χ3n) is 2.66. The van der Waals surface area contributed by atoms with Crippen LogP contribution in [0, 0.1) is 0 Å². The molecule has 15 heavy (non-hydrogen) atoms. The molecule has 0 aliphatic carbocycles. The first-order chi connectivity index (χ1) is 7.07. The van der Waals surface area contributed by atoms with Gasteiger partial charge in [-0.2, -0.15) is 0 Å². The van der Waals surface area contributed by atoms with E-state index in [2.05, 4.69) is 43.2 Å². The van der Waals surface area contributed by atoms with E-state index in [0.29, 0.717) is 6.04 Å². The van der Waals surface area contributed by atoms with Crippen molar-refractivity contribution in [1.82, 2.24) is 5.32 Å². The molecule has 1 heterocycles. The highest BCUT2D eigenvalue weighted by Gasteiger charge is 2.27. The van der Waals surface area contributed by atoms with Crippen LogP contribution in [0.1, 0.15) is 32.8 Å². The standard InChI is InChI=1S/C13H18N2/c1-10-9-13(2,3)15-12(14-10)11-7-5-4-6-8-11/h4-8,10H,9H2,1-3H3,(H,14,15). The number of nitrogens with one attached hydrogen (secondary N) is 1. The van der Waals surface area contributed by atoms with E-state index in [1.54, 1.807) is 0 Å². The average Bonchev–Trinajstić information content (AvgIpc) is 2.16. The van der Waals surface area contributed by atoms with Gasteiger partial charge in [0.1, 0.15) is 5.84 Å². The molecule has 2 heteroatoms. The van der Waals surface area contributed by atoms with Crippen LogP contribution in [-0.4, -0.2) is 17.4 Å². The number of amidine groups is 1. The van der Waals surface area contributed by atoms with Crippen molar-refractivity contribution in [1.29, 1.82) is 0 Å². The molecular weight excluding hydrogens is 184 g/mol. The van der Waals surface area contributed by atoms with Gasteiger partial charge < -0.3 is 5.32 Å². The lowest BCUT2D eigenvalue weighted by Crippen LogP contribution is -2.49. The monoisotopic (exact) mass is 202 g/mol. The summed E-state index contributed by atoms with van der Waals surface area (Å²) in [6, 6.07) is 10.7.